The van der Waals surface area contributed by atoms with Crippen LogP contribution in [-0.4, -0.2) is 11.3 Å². The van der Waals surface area contributed by atoms with Crippen LogP contribution in [0.15, 0.2) is 58.1 Å². The molecule has 21 heavy (non-hydrogen) atoms. The van der Waals surface area contributed by atoms with Gasteiger partial charge in [-0.1, -0.05) is 46.3 Å². The fourth-order valence-electron chi connectivity index (χ4n) is 1.65. The summed E-state index contributed by atoms with van der Waals surface area (Å²) in [4.78, 5) is 0. The van der Waals surface area contributed by atoms with Gasteiger partial charge < -0.3 is 10.5 Å². The maximum absolute atomic E-state index is 5.83. The van der Waals surface area contributed by atoms with Crippen LogP contribution in [0.3, 0.4) is 0 Å². The molecule has 0 aromatic heterocycles. The lowest BCUT2D eigenvalue weighted by Gasteiger charge is -2.09. The molecule has 108 valence electrons. The summed E-state index contributed by atoms with van der Waals surface area (Å²) in [5.41, 5.74) is 9.77. The molecule has 0 aliphatic carbocycles. The van der Waals surface area contributed by atoms with Gasteiger partial charge in [0.2, 0.25) is 0 Å². The molecule has 0 aliphatic heterocycles. The maximum atomic E-state index is 5.83. The fraction of sp³-hybridized carbons (Fsp3) is 0.0667. The van der Waals surface area contributed by atoms with E-state index in [0.717, 1.165) is 21.3 Å². The van der Waals surface area contributed by atoms with E-state index in [1.165, 1.54) is 0 Å². The Bertz CT molecular complexity index is 647. The van der Waals surface area contributed by atoms with Crippen molar-refractivity contribution in [2.45, 2.75) is 6.61 Å². The number of ether oxygens (including phenoxy) is 1. The van der Waals surface area contributed by atoms with Crippen LogP contribution >= 0.6 is 28.1 Å². The molecule has 0 amide bonds. The van der Waals surface area contributed by atoms with E-state index in [0.29, 0.717) is 6.61 Å². The Morgan fingerprint density at radius 3 is 2.76 bits per heavy atom. The first-order valence-electron chi connectivity index (χ1n) is 6.20. The first-order valence-corrected chi connectivity index (χ1v) is 7.40. The van der Waals surface area contributed by atoms with Gasteiger partial charge in [0.25, 0.3) is 0 Å². The Morgan fingerprint density at radius 2 is 2.05 bits per heavy atom. The van der Waals surface area contributed by atoms with E-state index in [-0.39, 0.29) is 5.11 Å². The Kier molecular flexibility index (Phi) is 5.71. The van der Waals surface area contributed by atoms with Crippen molar-refractivity contribution in [1.82, 2.24) is 5.43 Å². The highest BCUT2D eigenvalue weighted by molar-refractivity contribution is 9.10. The number of nitrogens with two attached hydrogens (primary N) is 1. The predicted octanol–water partition coefficient (Wildman–Crippen LogP) is 3.20. The van der Waals surface area contributed by atoms with Crippen LogP contribution < -0.4 is 15.9 Å². The molecule has 0 spiro atoms. The van der Waals surface area contributed by atoms with Crippen molar-refractivity contribution in [3.8, 4) is 5.75 Å². The van der Waals surface area contributed by atoms with Gasteiger partial charge in [0.1, 0.15) is 12.4 Å². The molecule has 0 unspecified atom stereocenters. The van der Waals surface area contributed by atoms with Crippen molar-refractivity contribution in [3.63, 3.8) is 0 Å². The molecule has 0 heterocycles. The van der Waals surface area contributed by atoms with E-state index < -0.39 is 0 Å². The van der Waals surface area contributed by atoms with Gasteiger partial charge in [0, 0.05) is 10.0 Å². The lowest BCUT2D eigenvalue weighted by molar-refractivity contribution is 0.306. The molecular formula is C15H14BrN3OS. The van der Waals surface area contributed by atoms with Gasteiger partial charge in [-0.2, -0.15) is 5.10 Å². The standard InChI is InChI=1S/C15H14BrN3OS/c16-13-6-7-14(12(8-13)9-18-19-15(17)21)20-10-11-4-2-1-3-5-11/h1-9H,10H2,(H3,17,19,21). The molecule has 0 radical (unpaired) electrons. The van der Waals surface area contributed by atoms with Gasteiger partial charge in [-0.3, -0.25) is 5.43 Å². The molecule has 0 saturated heterocycles. The molecule has 0 saturated carbocycles. The summed E-state index contributed by atoms with van der Waals surface area (Å²) >= 11 is 8.12. The zero-order chi connectivity index (χ0) is 15.1. The molecule has 6 heteroatoms. The molecule has 0 aliphatic rings. The minimum Gasteiger partial charge on any atom is -0.488 e. The van der Waals surface area contributed by atoms with Crippen LogP contribution in [0.25, 0.3) is 0 Å². The summed E-state index contributed by atoms with van der Waals surface area (Å²) in [5.74, 6) is 0.732. The second-order valence-corrected chi connectivity index (χ2v) is 5.55. The quantitative estimate of drug-likeness (QED) is 0.486. The van der Waals surface area contributed by atoms with Crippen LogP contribution in [0.5, 0.6) is 5.75 Å². The van der Waals surface area contributed by atoms with Gasteiger partial charge in [-0.15, -0.1) is 0 Å². The SMILES string of the molecule is NC(=S)NN=Cc1cc(Br)ccc1OCc1ccccc1. The maximum Gasteiger partial charge on any atom is 0.184 e. The number of hydrogen-bond acceptors (Lipinski definition) is 3. The largest absolute Gasteiger partial charge is 0.488 e. The van der Waals surface area contributed by atoms with E-state index in [1.54, 1.807) is 6.21 Å². The lowest BCUT2D eigenvalue weighted by Crippen LogP contribution is -2.24. The first-order chi connectivity index (χ1) is 10.1. The Balaban J connectivity index is 2.11. The molecule has 3 N–H and O–H groups in total. The van der Waals surface area contributed by atoms with Crippen molar-refractivity contribution in [3.05, 3.63) is 64.1 Å². The molecule has 4 nitrogen and oxygen atoms in total. The molecule has 2 rings (SSSR count). The van der Waals surface area contributed by atoms with Crippen LogP contribution in [0.2, 0.25) is 0 Å². The van der Waals surface area contributed by atoms with Crippen molar-refractivity contribution in [2.24, 2.45) is 10.8 Å². The van der Waals surface area contributed by atoms with Crippen LogP contribution in [0, 0.1) is 0 Å². The third-order valence-corrected chi connectivity index (χ3v) is 3.17. The number of hydrazone groups is 1. The van der Waals surface area contributed by atoms with Crippen molar-refractivity contribution < 1.29 is 4.74 Å². The molecule has 0 bridgehead atoms. The van der Waals surface area contributed by atoms with E-state index in [1.807, 2.05) is 48.5 Å². The average Bonchev–Trinajstić information content (AvgIpc) is 2.47. The monoisotopic (exact) mass is 363 g/mol. The highest BCUT2D eigenvalue weighted by Crippen LogP contribution is 2.22. The highest BCUT2D eigenvalue weighted by atomic mass is 79.9. The number of nitrogens with zero attached hydrogens (tertiary/aromatic N) is 1. The third-order valence-electron chi connectivity index (χ3n) is 2.59. The van der Waals surface area contributed by atoms with Crippen LogP contribution in [-0.2, 0) is 6.61 Å². The zero-order valence-corrected chi connectivity index (χ0v) is 13.5. The van der Waals surface area contributed by atoms with Gasteiger partial charge in [0.15, 0.2) is 5.11 Å². The van der Waals surface area contributed by atoms with Crippen molar-refractivity contribution in [2.75, 3.05) is 0 Å². The molecule has 0 fully saturated rings. The minimum atomic E-state index is 0.119. The van der Waals surface area contributed by atoms with Gasteiger partial charge in [-0.05, 0) is 36.0 Å². The topological polar surface area (TPSA) is 59.6 Å². The fourth-order valence-corrected chi connectivity index (χ4v) is 2.08. The first kappa shape index (κ1) is 15.5. The number of hydrogen-bond donors (Lipinski definition) is 2. The van der Waals surface area contributed by atoms with Crippen molar-refractivity contribution >= 4 is 39.5 Å². The Hall–Kier alpha value is -1.92. The second-order valence-electron chi connectivity index (χ2n) is 4.19. The summed E-state index contributed by atoms with van der Waals surface area (Å²) in [6.07, 6.45) is 1.62. The normalized spacial score (nSPS) is 10.5. The van der Waals surface area contributed by atoms with Crippen molar-refractivity contribution in [1.29, 1.82) is 0 Å². The predicted molar refractivity (Wildman–Crippen MR) is 92.4 cm³/mol. The van der Waals surface area contributed by atoms with Crippen LogP contribution in [0.1, 0.15) is 11.1 Å². The smallest absolute Gasteiger partial charge is 0.184 e. The van der Waals surface area contributed by atoms with Gasteiger partial charge >= 0.3 is 0 Å². The van der Waals surface area contributed by atoms with E-state index >= 15 is 0 Å². The van der Waals surface area contributed by atoms with Gasteiger partial charge in [-0.25, -0.2) is 0 Å². The summed E-state index contributed by atoms with van der Waals surface area (Å²) < 4.78 is 6.77. The minimum absolute atomic E-state index is 0.119. The van der Waals surface area contributed by atoms with E-state index in [9.17, 15) is 0 Å². The zero-order valence-electron chi connectivity index (χ0n) is 11.1. The molecule has 2 aromatic carbocycles. The number of halogens is 1. The summed E-state index contributed by atoms with van der Waals surface area (Å²) in [6.45, 7) is 0.492. The Labute approximate surface area is 137 Å². The number of nitrogens with one attached hydrogen (secondary N) is 1. The van der Waals surface area contributed by atoms with E-state index in [4.69, 9.17) is 22.7 Å². The second kappa shape index (κ2) is 7.75. The third kappa shape index (κ3) is 5.17. The number of thiocarbonyl (C=S) groups is 1. The number of benzene rings is 2. The molecule has 2 aromatic rings. The summed E-state index contributed by atoms with van der Waals surface area (Å²) in [7, 11) is 0. The summed E-state index contributed by atoms with van der Waals surface area (Å²) in [6, 6.07) is 15.7. The lowest BCUT2D eigenvalue weighted by atomic mass is 10.2. The summed E-state index contributed by atoms with van der Waals surface area (Å²) in [5, 5.41) is 4.07. The molecular weight excluding hydrogens is 350 g/mol. The Morgan fingerprint density at radius 1 is 1.29 bits per heavy atom. The van der Waals surface area contributed by atoms with Crippen LogP contribution in [0.4, 0.5) is 0 Å². The van der Waals surface area contributed by atoms with E-state index in [2.05, 4.69) is 26.5 Å². The number of rotatable bonds is 5. The average molecular weight is 364 g/mol. The highest BCUT2D eigenvalue weighted by Gasteiger charge is 2.03. The van der Waals surface area contributed by atoms with Gasteiger partial charge in [0.05, 0.1) is 6.21 Å². The molecule has 0 atom stereocenters.